The summed E-state index contributed by atoms with van der Waals surface area (Å²) in [7, 11) is 0. The van der Waals surface area contributed by atoms with E-state index in [1.54, 1.807) is 6.08 Å². The molecule has 65 valence electrons. The van der Waals surface area contributed by atoms with Gasteiger partial charge in [-0.15, -0.1) is 6.58 Å². The minimum absolute atomic E-state index is 0.568. The molecule has 0 aromatic heterocycles. The molecule has 0 aliphatic heterocycles. The van der Waals surface area contributed by atoms with Gasteiger partial charge >= 0.3 is 0 Å². The zero-order valence-electron chi connectivity index (χ0n) is 7.36. The minimum Gasteiger partial charge on any atom is -0.285 e. The summed E-state index contributed by atoms with van der Waals surface area (Å²) in [5, 5.41) is 0. The summed E-state index contributed by atoms with van der Waals surface area (Å²) in [4.78, 5) is 10.5. The maximum absolute atomic E-state index is 10.5. The van der Waals surface area contributed by atoms with Crippen LogP contribution in [0.25, 0.3) is 6.08 Å². The lowest BCUT2D eigenvalue weighted by molar-refractivity contribution is 0.561. The van der Waals surface area contributed by atoms with Crippen molar-refractivity contribution < 1.29 is 4.79 Å². The van der Waals surface area contributed by atoms with Crippen LogP contribution in [0.3, 0.4) is 0 Å². The molecule has 0 aliphatic rings. The molecular weight excluding hydrogens is 160 g/mol. The van der Waals surface area contributed by atoms with E-state index in [0.29, 0.717) is 12.0 Å². The standard InChI is InChI=1S/C12H11O/c1-2-6-12(10-13)9-11-7-4-3-5-8-11/h2-5,7-9H,1,6H2. The molecule has 1 aromatic rings. The zero-order chi connectivity index (χ0) is 9.52. The highest BCUT2D eigenvalue weighted by molar-refractivity contribution is 5.82. The van der Waals surface area contributed by atoms with Crippen LogP contribution in [0.5, 0.6) is 0 Å². The molecule has 0 spiro atoms. The summed E-state index contributed by atoms with van der Waals surface area (Å²) < 4.78 is 0. The second-order valence-electron chi connectivity index (χ2n) is 2.68. The second-order valence-corrected chi connectivity index (χ2v) is 2.68. The first-order valence-corrected chi connectivity index (χ1v) is 4.11. The van der Waals surface area contributed by atoms with Crippen molar-refractivity contribution >= 4 is 12.4 Å². The molecule has 0 heterocycles. The van der Waals surface area contributed by atoms with Crippen molar-refractivity contribution in [3.8, 4) is 0 Å². The molecule has 1 heteroatoms. The quantitative estimate of drug-likeness (QED) is 0.503. The Morgan fingerprint density at radius 1 is 1.38 bits per heavy atom. The third-order valence-electron chi connectivity index (χ3n) is 1.64. The maximum atomic E-state index is 10.5. The third-order valence-corrected chi connectivity index (χ3v) is 1.64. The first-order valence-electron chi connectivity index (χ1n) is 4.11. The molecule has 0 bridgehead atoms. The van der Waals surface area contributed by atoms with Gasteiger partial charge in [0.2, 0.25) is 6.29 Å². The molecule has 0 aliphatic carbocycles. The monoisotopic (exact) mass is 171 g/mol. The molecule has 0 saturated carbocycles. The Bertz CT molecular complexity index is 309. The van der Waals surface area contributed by atoms with Crippen LogP contribution >= 0.6 is 0 Å². The van der Waals surface area contributed by atoms with Gasteiger partial charge in [0.25, 0.3) is 0 Å². The third kappa shape index (κ3) is 3.08. The predicted molar refractivity (Wildman–Crippen MR) is 54.9 cm³/mol. The first-order chi connectivity index (χ1) is 6.36. The van der Waals surface area contributed by atoms with Gasteiger partial charge < -0.3 is 0 Å². The Morgan fingerprint density at radius 3 is 2.62 bits per heavy atom. The van der Waals surface area contributed by atoms with E-state index in [-0.39, 0.29) is 0 Å². The number of allylic oxidation sites excluding steroid dienone is 2. The largest absolute Gasteiger partial charge is 0.285 e. The van der Waals surface area contributed by atoms with Crippen molar-refractivity contribution in [2.45, 2.75) is 6.42 Å². The van der Waals surface area contributed by atoms with Crippen LogP contribution < -0.4 is 0 Å². The molecule has 1 nitrogen and oxygen atoms in total. The minimum atomic E-state index is 0.568. The average Bonchev–Trinajstić information content (AvgIpc) is 2.19. The highest BCUT2D eigenvalue weighted by Crippen LogP contribution is 2.07. The van der Waals surface area contributed by atoms with E-state index in [1.165, 1.54) is 0 Å². The lowest BCUT2D eigenvalue weighted by Crippen LogP contribution is -1.82. The van der Waals surface area contributed by atoms with Gasteiger partial charge in [-0.05, 0) is 18.1 Å². The summed E-state index contributed by atoms with van der Waals surface area (Å²) in [5.41, 5.74) is 1.64. The van der Waals surface area contributed by atoms with Crippen molar-refractivity contribution in [2.24, 2.45) is 0 Å². The Morgan fingerprint density at radius 2 is 2.08 bits per heavy atom. The van der Waals surface area contributed by atoms with Crippen LogP contribution in [0.1, 0.15) is 12.0 Å². The van der Waals surface area contributed by atoms with Gasteiger partial charge in [0.1, 0.15) is 0 Å². The van der Waals surface area contributed by atoms with E-state index >= 15 is 0 Å². The fraction of sp³-hybridized carbons (Fsp3) is 0.0833. The van der Waals surface area contributed by atoms with E-state index in [2.05, 4.69) is 6.58 Å². The van der Waals surface area contributed by atoms with Gasteiger partial charge in [0.05, 0.1) is 0 Å². The molecule has 0 saturated heterocycles. The lowest BCUT2D eigenvalue weighted by Gasteiger charge is -1.94. The van der Waals surface area contributed by atoms with Gasteiger partial charge in [-0.3, -0.25) is 4.79 Å². The molecule has 1 radical (unpaired) electrons. The fourth-order valence-corrected chi connectivity index (χ4v) is 1.04. The van der Waals surface area contributed by atoms with Crippen molar-refractivity contribution in [3.63, 3.8) is 0 Å². The Hall–Kier alpha value is -1.63. The van der Waals surface area contributed by atoms with Gasteiger partial charge in [-0.1, -0.05) is 36.4 Å². The van der Waals surface area contributed by atoms with Gasteiger partial charge in [0.15, 0.2) is 0 Å². The van der Waals surface area contributed by atoms with E-state index < -0.39 is 0 Å². The summed E-state index contributed by atoms with van der Waals surface area (Å²) in [6.07, 6.45) is 5.97. The van der Waals surface area contributed by atoms with Crippen LogP contribution in [-0.2, 0) is 4.79 Å². The summed E-state index contributed by atoms with van der Waals surface area (Å²) in [6, 6.07) is 9.69. The maximum Gasteiger partial charge on any atom is 0.229 e. The Kier molecular flexibility index (Phi) is 3.71. The fourth-order valence-electron chi connectivity index (χ4n) is 1.04. The molecule has 1 aromatic carbocycles. The zero-order valence-corrected chi connectivity index (χ0v) is 7.36. The highest BCUT2D eigenvalue weighted by atomic mass is 16.1. The SMILES string of the molecule is C=CCC([C]=O)=Cc1ccccc1. The van der Waals surface area contributed by atoms with Crippen molar-refractivity contribution in [1.82, 2.24) is 0 Å². The number of carbonyl (C=O) groups excluding carboxylic acids is 1. The lowest BCUT2D eigenvalue weighted by atomic mass is 10.1. The van der Waals surface area contributed by atoms with Gasteiger partial charge in [-0.2, -0.15) is 0 Å². The number of hydrogen-bond acceptors (Lipinski definition) is 1. The number of hydrogen-bond donors (Lipinski definition) is 0. The number of rotatable bonds is 4. The van der Waals surface area contributed by atoms with E-state index in [0.717, 1.165) is 5.56 Å². The van der Waals surface area contributed by atoms with Gasteiger partial charge in [-0.25, -0.2) is 0 Å². The Balaban J connectivity index is 2.84. The molecule has 0 fully saturated rings. The molecule has 0 N–H and O–H groups in total. The normalized spacial score (nSPS) is 10.9. The first kappa shape index (κ1) is 9.46. The van der Waals surface area contributed by atoms with Crippen molar-refractivity contribution in [2.75, 3.05) is 0 Å². The van der Waals surface area contributed by atoms with Crippen LogP contribution in [-0.4, -0.2) is 6.29 Å². The van der Waals surface area contributed by atoms with E-state index in [1.807, 2.05) is 42.7 Å². The van der Waals surface area contributed by atoms with Gasteiger partial charge in [0, 0.05) is 5.57 Å². The second kappa shape index (κ2) is 5.09. The van der Waals surface area contributed by atoms with Crippen LogP contribution in [0.4, 0.5) is 0 Å². The summed E-state index contributed by atoms with van der Waals surface area (Å²) in [5.74, 6) is 0. The average molecular weight is 171 g/mol. The predicted octanol–water partition coefficient (Wildman–Crippen LogP) is 2.76. The molecule has 0 unspecified atom stereocenters. The highest BCUT2D eigenvalue weighted by Gasteiger charge is 1.93. The van der Waals surface area contributed by atoms with Crippen molar-refractivity contribution in [1.29, 1.82) is 0 Å². The number of benzene rings is 1. The van der Waals surface area contributed by atoms with E-state index in [9.17, 15) is 4.79 Å². The summed E-state index contributed by atoms with van der Waals surface area (Å²) in [6.45, 7) is 3.57. The summed E-state index contributed by atoms with van der Waals surface area (Å²) >= 11 is 0. The topological polar surface area (TPSA) is 17.1 Å². The van der Waals surface area contributed by atoms with Crippen LogP contribution in [0.15, 0.2) is 48.6 Å². The Labute approximate surface area is 78.4 Å². The molecular formula is C12H11O. The van der Waals surface area contributed by atoms with Crippen LogP contribution in [0.2, 0.25) is 0 Å². The molecule has 13 heavy (non-hydrogen) atoms. The van der Waals surface area contributed by atoms with E-state index in [4.69, 9.17) is 0 Å². The van der Waals surface area contributed by atoms with Crippen LogP contribution in [0, 0.1) is 0 Å². The molecule has 0 amide bonds. The smallest absolute Gasteiger partial charge is 0.229 e. The molecule has 0 atom stereocenters. The molecule has 1 rings (SSSR count). The van der Waals surface area contributed by atoms with Crippen molar-refractivity contribution in [3.05, 3.63) is 54.1 Å².